The van der Waals surface area contributed by atoms with Gasteiger partial charge in [0, 0.05) is 18.7 Å². The molecule has 9 nitrogen and oxygen atoms in total. The zero-order valence-electron chi connectivity index (χ0n) is 16.3. The van der Waals surface area contributed by atoms with Gasteiger partial charge in [0.25, 0.3) is 5.91 Å². The van der Waals surface area contributed by atoms with Crippen molar-refractivity contribution in [2.75, 3.05) is 38.2 Å². The lowest BCUT2D eigenvalue weighted by molar-refractivity contribution is 0.0531. The van der Waals surface area contributed by atoms with Gasteiger partial charge < -0.3 is 9.47 Å². The molecule has 1 aliphatic heterocycles. The molecule has 12 heteroatoms. The molecule has 3 rings (SSSR count). The number of benzene rings is 1. The summed E-state index contributed by atoms with van der Waals surface area (Å²) in [5.41, 5.74) is 0.525. The summed E-state index contributed by atoms with van der Waals surface area (Å²) in [5.74, 6) is -1.09. The number of amides is 1. The molecule has 2 aromatic rings. The van der Waals surface area contributed by atoms with Crippen molar-refractivity contribution in [3.8, 4) is 0 Å². The molecule has 0 saturated carbocycles. The number of carbonyl (C=O) groups is 2. The number of hydrogen-bond donors (Lipinski definition) is 1. The fourth-order valence-electron chi connectivity index (χ4n) is 2.77. The molecule has 0 spiro atoms. The SMILES string of the molecule is CCOC(=O)c1sc(NC(=O)c2ccc(Cl)c(S(=O)(=O)N3CCOCC3)c2)nc1C. The normalized spacial score (nSPS) is 15.0. The number of anilines is 1. The van der Waals surface area contributed by atoms with Crippen molar-refractivity contribution in [2.24, 2.45) is 0 Å². The standard InChI is InChI=1S/C18H20ClN3O6S2/c1-3-28-17(24)15-11(2)20-18(29-15)21-16(23)12-4-5-13(19)14(10-12)30(25,26)22-6-8-27-9-7-22/h4-5,10H,3,6-9H2,1-2H3,(H,20,21,23). The van der Waals surface area contributed by atoms with Crippen molar-refractivity contribution in [3.05, 3.63) is 39.4 Å². The molecule has 0 atom stereocenters. The zero-order chi connectivity index (χ0) is 21.9. The van der Waals surface area contributed by atoms with Gasteiger partial charge in [-0.25, -0.2) is 18.2 Å². The number of thiazole rings is 1. The molecule has 162 valence electrons. The number of sulfonamides is 1. The number of nitrogens with one attached hydrogen (secondary N) is 1. The van der Waals surface area contributed by atoms with E-state index in [2.05, 4.69) is 10.3 Å². The van der Waals surface area contributed by atoms with E-state index in [0.717, 1.165) is 11.3 Å². The maximum absolute atomic E-state index is 12.9. The van der Waals surface area contributed by atoms with Crippen molar-refractivity contribution in [2.45, 2.75) is 18.7 Å². The fourth-order valence-corrected chi connectivity index (χ4v) is 5.54. The summed E-state index contributed by atoms with van der Waals surface area (Å²) >= 11 is 7.11. The molecule has 1 aromatic heterocycles. The Bertz CT molecular complexity index is 1060. The Labute approximate surface area is 183 Å². The van der Waals surface area contributed by atoms with Crippen molar-refractivity contribution in [1.29, 1.82) is 0 Å². The molecule has 0 unspecified atom stereocenters. The van der Waals surface area contributed by atoms with Crippen LogP contribution >= 0.6 is 22.9 Å². The number of halogens is 1. The van der Waals surface area contributed by atoms with Gasteiger partial charge in [0.1, 0.15) is 9.77 Å². The van der Waals surface area contributed by atoms with Gasteiger partial charge in [-0.1, -0.05) is 22.9 Å². The molecule has 0 bridgehead atoms. The largest absolute Gasteiger partial charge is 0.462 e. The Kier molecular flexibility index (Phi) is 7.09. The predicted octanol–water partition coefficient (Wildman–Crippen LogP) is 2.55. The third kappa shape index (κ3) is 4.81. The van der Waals surface area contributed by atoms with E-state index in [1.165, 1.54) is 22.5 Å². The number of rotatable bonds is 6. The van der Waals surface area contributed by atoms with Crippen LogP contribution in [0.25, 0.3) is 0 Å². The molecule has 1 N–H and O–H groups in total. The first-order valence-corrected chi connectivity index (χ1v) is 11.7. The maximum atomic E-state index is 12.9. The van der Waals surface area contributed by atoms with Crippen LogP contribution < -0.4 is 5.32 Å². The molecule has 1 saturated heterocycles. The number of morpholine rings is 1. The van der Waals surface area contributed by atoms with Crippen molar-refractivity contribution >= 4 is 50.0 Å². The average molecular weight is 474 g/mol. The van der Waals surface area contributed by atoms with Gasteiger partial charge in [-0.05, 0) is 32.0 Å². The zero-order valence-corrected chi connectivity index (χ0v) is 18.7. The highest BCUT2D eigenvalue weighted by Gasteiger charge is 2.29. The van der Waals surface area contributed by atoms with Crippen LogP contribution in [0.5, 0.6) is 0 Å². The Hall–Kier alpha value is -2.05. The summed E-state index contributed by atoms with van der Waals surface area (Å²) < 4.78 is 37.3. The van der Waals surface area contributed by atoms with Crippen LogP contribution in [-0.2, 0) is 19.5 Å². The first-order valence-electron chi connectivity index (χ1n) is 9.07. The van der Waals surface area contributed by atoms with E-state index < -0.39 is 21.9 Å². The predicted molar refractivity (Wildman–Crippen MR) is 112 cm³/mol. The number of ether oxygens (including phenoxy) is 2. The summed E-state index contributed by atoms with van der Waals surface area (Å²) in [6.45, 7) is 4.57. The molecular weight excluding hydrogens is 454 g/mol. The van der Waals surface area contributed by atoms with Crippen LogP contribution in [0.15, 0.2) is 23.1 Å². The first-order chi connectivity index (χ1) is 14.2. The molecule has 1 amide bonds. The number of aromatic nitrogens is 1. The molecule has 2 heterocycles. The Morgan fingerprint density at radius 1 is 1.33 bits per heavy atom. The second-order valence-corrected chi connectivity index (χ2v) is 9.58. The highest BCUT2D eigenvalue weighted by atomic mass is 35.5. The molecule has 1 aliphatic rings. The van der Waals surface area contributed by atoms with Crippen LogP contribution in [0.3, 0.4) is 0 Å². The minimum absolute atomic E-state index is 0.0210. The van der Waals surface area contributed by atoms with Crippen molar-refractivity contribution in [1.82, 2.24) is 9.29 Å². The maximum Gasteiger partial charge on any atom is 0.350 e. The summed E-state index contributed by atoms with van der Waals surface area (Å²) in [7, 11) is -3.87. The second-order valence-electron chi connectivity index (χ2n) is 6.27. The highest BCUT2D eigenvalue weighted by molar-refractivity contribution is 7.89. The van der Waals surface area contributed by atoms with Gasteiger partial charge in [0.05, 0.1) is 30.5 Å². The van der Waals surface area contributed by atoms with Gasteiger partial charge in [-0.2, -0.15) is 4.31 Å². The van der Waals surface area contributed by atoms with Crippen LogP contribution in [-0.4, -0.2) is 62.5 Å². The van der Waals surface area contributed by atoms with E-state index >= 15 is 0 Å². The van der Waals surface area contributed by atoms with Gasteiger partial charge in [0.2, 0.25) is 10.0 Å². The van der Waals surface area contributed by atoms with Crippen LogP contribution in [0.1, 0.15) is 32.6 Å². The second kappa shape index (κ2) is 9.40. The summed E-state index contributed by atoms with van der Waals surface area (Å²) in [6, 6.07) is 4.01. The number of aryl methyl sites for hydroxylation is 1. The monoisotopic (exact) mass is 473 g/mol. The lowest BCUT2D eigenvalue weighted by Crippen LogP contribution is -2.40. The van der Waals surface area contributed by atoms with E-state index in [9.17, 15) is 18.0 Å². The minimum atomic E-state index is -3.87. The van der Waals surface area contributed by atoms with E-state index in [1.54, 1.807) is 13.8 Å². The molecular formula is C18H20ClN3O6S2. The van der Waals surface area contributed by atoms with E-state index in [1.807, 2.05) is 0 Å². The lowest BCUT2D eigenvalue weighted by Gasteiger charge is -2.26. The highest BCUT2D eigenvalue weighted by Crippen LogP contribution is 2.28. The Balaban J connectivity index is 1.83. The van der Waals surface area contributed by atoms with E-state index in [0.29, 0.717) is 23.8 Å². The first kappa shape index (κ1) is 22.6. The number of nitrogens with zero attached hydrogens (tertiary/aromatic N) is 2. The quantitative estimate of drug-likeness (QED) is 0.641. The van der Waals surface area contributed by atoms with Gasteiger partial charge in [-0.3, -0.25) is 10.1 Å². The molecule has 30 heavy (non-hydrogen) atoms. The minimum Gasteiger partial charge on any atom is -0.462 e. The van der Waals surface area contributed by atoms with Gasteiger partial charge in [0.15, 0.2) is 5.13 Å². The number of carbonyl (C=O) groups excluding carboxylic acids is 2. The third-order valence-electron chi connectivity index (χ3n) is 4.26. The molecule has 1 fully saturated rings. The molecule has 1 aromatic carbocycles. The van der Waals surface area contributed by atoms with Crippen molar-refractivity contribution < 1.29 is 27.5 Å². The lowest BCUT2D eigenvalue weighted by atomic mass is 10.2. The molecule has 0 radical (unpaired) electrons. The fraction of sp³-hybridized carbons (Fsp3) is 0.389. The Morgan fingerprint density at radius 3 is 2.70 bits per heavy atom. The van der Waals surface area contributed by atoms with Crippen LogP contribution in [0.2, 0.25) is 5.02 Å². The molecule has 0 aliphatic carbocycles. The smallest absolute Gasteiger partial charge is 0.350 e. The van der Waals surface area contributed by atoms with E-state index in [-0.39, 0.29) is 40.3 Å². The van der Waals surface area contributed by atoms with Gasteiger partial charge in [-0.15, -0.1) is 0 Å². The van der Waals surface area contributed by atoms with Crippen molar-refractivity contribution in [3.63, 3.8) is 0 Å². The number of esters is 1. The summed E-state index contributed by atoms with van der Waals surface area (Å²) in [4.78, 5) is 28.9. The van der Waals surface area contributed by atoms with E-state index in [4.69, 9.17) is 21.1 Å². The number of hydrogen-bond acceptors (Lipinski definition) is 8. The third-order valence-corrected chi connectivity index (χ3v) is 7.69. The average Bonchev–Trinajstić information content (AvgIpc) is 3.09. The summed E-state index contributed by atoms with van der Waals surface area (Å²) in [5, 5.41) is 2.81. The topological polar surface area (TPSA) is 115 Å². The Morgan fingerprint density at radius 2 is 2.03 bits per heavy atom. The van der Waals surface area contributed by atoms with Crippen LogP contribution in [0, 0.1) is 6.92 Å². The van der Waals surface area contributed by atoms with Gasteiger partial charge >= 0.3 is 5.97 Å². The summed E-state index contributed by atoms with van der Waals surface area (Å²) in [6.07, 6.45) is 0. The van der Waals surface area contributed by atoms with Crippen LogP contribution in [0.4, 0.5) is 5.13 Å².